The number of hydrogen-bond donors (Lipinski definition) is 1. The van der Waals surface area contributed by atoms with Crippen LogP contribution >= 0.6 is 46.4 Å². The molecule has 1 heterocycles. The molecule has 0 saturated carbocycles. The van der Waals surface area contributed by atoms with Crippen LogP contribution in [0.1, 0.15) is 18.5 Å². The van der Waals surface area contributed by atoms with Crippen molar-refractivity contribution in [2.45, 2.75) is 13.0 Å². The van der Waals surface area contributed by atoms with Gasteiger partial charge in [-0.05, 0) is 19.1 Å². The van der Waals surface area contributed by atoms with Gasteiger partial charge in [0, 0.05) is 29.7 Å². The van der Waals surface area contributed by atoms with Crippen LogP contribution in [0.25, 0.3) is 0 Å². The van der Waals surface area contributed by atoms with Gasteiger partial charge in [-0.2, -0.15) is 0 Å². The first kappa shape index (κ1) is 18.5. The van der Waals surface area contributed by atoms with Gasteiger partial charge in [0.15, 0.2) is 10.3 Å². The molecule has 124 valence electrons. The summed E-state index contributed by atoms with van der Waals surface area (Å²) in [5, 5.41) is 8.08. The van der Waals surface area contributed by atoms with E-state index in [0.29, 0.717) is 29.4 Å². The summed E-state index contributed by atoms with van der Waals surface area (Å²) in [6, 6.07) is 3.82. The highest BCUT2D eigenvalue weighted by molar-refractivity contribution is 6.36. The molecule has 1 aromatic heterocycles. The summed E-state index contributed by atoms with van der Waals surface area (Å²) >= 11 is 24.3. The number of hydrogen-bond acceptors (Lipinski definition) is 4. The standard InChI is InChI=1S/C14H13Cl4FN4/c1-7(12-8(15)2-3-9(19)13(12)17)23(5-4-20)10-6-11(16)21-22-14(10)18/h2-3,6-7H,4-5,20H2,1H3/t7-/m1/s1. The second kappa shape index (κ2) is 7.81. The molecule has 1 atom stereocenters. The van der Waals surface area contributed by atoms with Crippen LogP contribution in [-0.2, 0) is 0 Å². The molecule has 0 spiro atoms. The van der Waals surface area contributed by atoms with E-state index in [-0.39, 0.29) is 15.3 Å². The highest BCUT2D eigenvalue weighted by atomic mass is 35.5. The Kier molecular flexibility index (Phi) is 6.28. The summed E-state index contributed by atoms with van der Waals surface area (Å²) in [4.78, 5) is 1.80. The van der Waals surface area contributed by atoms with Crippen molar-refractivity contribution in [3.63, 3.8) is 0 Å². The van der Waals surface area contributed by atoms with E-state index in [0.717, 1.165) is 0 Å². The summed E-state index contributed by atoms with van der Waals surface area (Å²) in [6.45, 7) is 2.55. The lowest BCUT2D eigenvalue weighted by Crippen LogP contribution is -2.33. The monoisotopic (exact) mass is 396 g/mol. The second-order valence-electron chi connectivity index (χ2n) is 4.76. The van der Waals surface area contributed by atoms with E-state index in [1.54, 1.807) is 11.0 Å². The molecule has 9 heteroatoms. The first-order valence-corrected chi connectivity index (χ1v) is 8.16. The van der Waals surface area contributed by atoms with Crippen LogP contribution in [0.15, 0.2) is 18.2 Å². The lowest BCUT2D eigenvalue weighted by atomic mass is 10.1. The van der Waals surface area contributed by atoms with Gasteiger partial charge in [-0.25, -0.2) is 4.39 Å². The topological polar surface area (TPSA) is 55.0 Å². The van der Waals surface area contributed by atoms with E-state index in [1.165, 1.54) is 12.1 Å². The Morgan fingerprint density at radius 3 is 2.57 bits per heavy atom. The maximum Gasteiger partial charge on any atom is 0.175 e. The summed E-state index contributed by atoms with van der Waals surface area (Å²) in [6.07, 6.45) is 0. The normalized spacial score (nSPS) is 12.3. The van der Waals surface area contributed by atoms with Crippen molar-refractivity contribution >= 4 is 52.1 Å². The first-order chi connectivity index (χ1) is 10.9. The summed E-state index contributed by atoms with van der Waals surface area (Å²) in [5.41, 5.74) is 6.63. The molecular weight excluding hydrogens is 385 g/mol. The maximum absolute atomic E-state index is 13.8. The van der Waals surface area contributed by atoms with E-state index < -0.39 is 11.9 Å². The molecule has 0 bridgehead atoms. The molecular formula is C14H13Cl4FN4. The zero-order chi connectivity index (χ0) is 17.1. The van der Waals surface area contributed by atoms with E-state index >= 15 is 0 Å². The Balaban J connectivity index is 2.54. The largest absolute Gasteiger partial charge is 0.361 e. The molecule has 0 amide bonds. The average molecular weight is 398 g/mol. The maximum atomic E-state index is 13.8. The summed E-state index contributed by atoms with van der Waals surface area (Å²) in [7, 11) is 0. The summed E-state index contributed by atoms with van der Waals surface area (Å²) in [5.74, 6) is -0.553. The number of halogens is 5. The van der Waals surface area contributed by atoms with Crippen LogP contribution in [0.5, 0.6) is 0 Å². The minimum atomic E-state index is -0.553. The Morgan fingerprint density at radius 1 is 1.22 bits per heavy atom. The van der Waals surface area contributed by atoms with Crippen LogP contribution in [0, 0.1) is 5.82 Å². The van der Waals surface area contributed by atoms with E-state index in [9.17, 15) is 4.39 Å². The SMILES string of the molecule is C[C@H](c1c(Cl)ccc(F)c1Cl)N(CCN)c1cc(Cl)nnc1Cl. The van der Waals surface area contributed by atoms with Gasteiger partial charge in [-0.1, -0.05) is 46.4 Å². The molecule has 4 nitrogen and oxygen atoms in total. The van der Waals surface area contributed by atoms with Crippen LogP contribution in [-0.4, -0.2) is 23.3 Å². The molecule has 2 aromatic rings. The van der Waals surface area contributed by atoms with Crippen molar-refractivity contribution < 1.29 is 4.39 Å². The Hall–Kier alpha value is -0.850. The lowest BCUT2D eigenvalue weighted by molar-refractivity contribution is 0.615. The van der Waals surface area contributed by atoms with Gasteiger partial charge in [0.2, 0.25) is 0 Å². The third kappa shape index (κ3) is 3.98. The number of anilines is 1. The molecule has 1 aromatic carbocycles. The van der Waals surface area contributed by atoms with Gasteiger partial charge in [0.05, 0.1) is 16.8 Å². The van der Waals surface area contributed by atoms with Crippen LogP contribution in [0.4, 0.5) is 10.1 Å². The molecule has 0 fully saturated rings. The van der Waals surface area contributed by atoms with Crippen molar-refractivity contribution in [1.29, 1.82) is 0 Å². The Labute approximate surface area is 153 Å². The average Bonchev–Trinajstić information content (AvgIpc) is 2.51. The third-order valence-corrected chi connectivity index (χ3v) is 4.51. The highest BCUT2D eigenvalue weighted by Gasteiger charge is 2.25. The molecule has 23 heavy (non-hydrogen) atoms. The van der Waals surface area contributed by atoms with Crippen molar-refractivity contribution in [2.24, 2.45) is 5.73 Å². The number of nitrogens with zero attached hydrogens (tertiary/aromatic N) is 3. The van der Waals surface area contributed by atoms with Gasteiger partial charge in [-0.15, -0.1) is 10.2 Å². The van der Waals surface area contributed by atoms with Gasteiger partial charge < -0.3 is 10.6 Å². The molecule has 0 aliphatic heterocycles. The van der Waals surface area contributed by atoms with Crippen molar-refractivity contribution in [1.82, 2.24) is 10.2 Å². The van der Waals surface area contributed by atoms with Crippen LogP contribution in [0.2, 0.25) is 20.4 Å². The minimum absolute atomic E-state index is 0.0451. The molecule has 2 N–H and O–H groups in total. The fourth-order valence-corrected chi connectivity index (χ4v) is 3.32. The number of nitrogens with two attached hydrogens (primary N) is 1. The van der Waals surface area contributed by atoms with E-state index in [2.05, 4.69) is 10.2 Å². The van der Waals surface area contributed by atoms with E-state index in [4.69, 9.17) is 52.1 Å². The molecule has 0 radical (unpaired) electrons. The fourth-order valence-electron chi connectivity index (χ4n) is 2.29. The van der Waals surface area contributed by atoms with Gasteiger partial charge >= 0.3 is 0 Å². The number of rotatable bonds is 5. The van der Waals surface area contributed by atoms with Crippen molar-refractivity contribution in [3.8, 4) is 0 Å². The minimum Gasteiger partial charge on any atom is -0.361 e. The van der Waals surface area contributed by atoms with Crippen LogP contribution in [0.3, 0.4) is 0 Å². The van der Waals surface area contributed by atoms with Gasteiger partial charge in [0.25, 0.3) is 0 Å². The number of aromatic nitrogens is 2. The zero-order valence-electron chi connectivity index (χ0n) is 12.0. The predicted molar refractivity (Wildman–Crippen MR) is 93.3 cm³/mol. The Bertz CT molecular complexity index is 713. The molecule has 0 saturated heterocycles. The van der Waals surface area contributed by atoms with Crippen molar-refractivity contribution in [3.05, 3.63) is 49.9 Å². The highest BCUT2D eigenvalue weighted by Crippen LogP contribution is 2.38. The predicted octanol–water partition coefficient (Wildman–Crippen LogP) is 4.76. The fraction of sp³-hybridized carbons (Fsp3) is 0.286. The van der Waals surface area contributed by atoms with Gasteiger partial charge in [-0.3, -0.25) is 0 Å². The number of benzene rings is 1. The third-order valence-electron chi connectivity index (χ3n) is 3.34. The van der Waals surface area contributed by atoms with Crippen molar-refractivity contribution in [2.75, 3.05) is 18.0 Å². The van der Waals surface area contributed by atoms with Gasteiger partial charge in [0.1, 0.15) is 5.82 Å². The smallest absolute Gasteiger partial charge is 0.175 e. The lowest BCUT2D eigenvalue weighted by Gasteiger charge is -2.32. The quantitative estimate of drug-likeness (QED) is 0.739. The molecule has 2 rings (SSSR count). The van der Waals surface area contributed by atoms with E-state index in [1.807, 2.05) is 6.92 Å². The molecule has 0 unspecified atom stereocenters. The second-order valence-corrected chi connectivity index (χ2v) is 6.29. The Morgan fingerprint density at radius 2 is 1.91 bits per heavy atom. The molecule has 0 aliphatic carbocycles. The summed E-state index contributed by atoms with van der Waals surface area (Å²) < 4.78 is 13.8. The zero-order valence-corrected chi connectivity index (χ0v) is 15.1. The van der Waals surface area contributed by atoms with Crippen LogP contribution < -0.4 is 10.6 Å². The first-order valence-electron chi connectivity index (χ1n) is 6.65. The molecule has 0 aliphatic rings.